The van der Waals surface area contributed by atoms with Crippen LogP contribution in [0.3, 0.4) is 0 Å². The Kier molecular flexibility index (Phi) is 8.49. The Balaban J connectivity index is 2.11. The second-order valence-corrected chi connectivity index (χ2v) is 6.55. The fourth-order valence-corrected chi connectivity index (χ4v) is 2.88. The number of nitrogens with zero attached hydrogens (tertiary/aromatic N) is 1. The van der Waals surface area contributed by atoms with Crippen molar-refractivity contribution >= 4 is 11.8 Å². The number of hydrogen-bond acceptors (Lipinski definition) is 4. The summed E-state index contributed by atoms with van der Waals surface area (Å²) in [6.07, 6.45) is 0.932. The number of aryl methyl sites for hydroxylation is 1. The lowest BCUT2D eigenvalue weighted by molar-refractivity contribution is -0.140. The summed E-state index contributed by atoms with van der Waals surface area (Å²) in [4.78, 5) is 26.9. The van der Waals surface area contributed by atoms with Crippen molar-refractivity contribution in [3.05, 3.63) is 65.7 Å². The Morgan fingerprint density at radius 1 is 1.07 bits per heavy atom. The highest BCUT2D eigenvalue weighted by Crippen LogP contribution is 2.16. The van der Waals surface area contributed by atoms with Crippen molar-refractivity contribution in [3.8, 4) is 5.75 Å². The molecule has 2 amide bonds. The summed E-state index contributed by atoms with van der Waals surface area (Å²) in [6, 6.07) is 16.6. The molecule has 1 atom stereocenters. The molecular formula is C22H28N2O4. The van der Waals surface area contributed by atoms with E-state index in [0.717, 1.165) is 16.9 Å². The molecule has 0 fully saturated rings. The number of hydrogen-bond donors (Lipinski definition) is 2. The van der Waals surface area contributed by atoms with Crippen LogP contribution in [0.5, 0.6) is 5.75 Å². The Morgan fingerprint density at radius 2 is 1.75 bits per heavy atom. The molecule has 0 aliphatic rings. The normalized spacial score (nSPS) is 11.5. The van der Waals surface area contributed by atoms with Gasteiger partial charge in [-0.2, -0.15) is 0 Å². The van der Waals surface area contributed by atoms with Crippen LogP contribution in [0.4, 0.5) is 0 Å². The highest BCUT2D eigenvalue weighted by Gasteiger charge is 2.25. The minimum atomic E-state index is -0.642. The lowest BCUT2D eigenvalue weighted by Gasteiger charge is -2.29. The molecule has 0 aliphatic carbocycles. The van der Waals surface area contributed by atoms with Gasteiger partial charge in [0.05, 0.1) is 13.7 Å². The highest BCUT2D eigenvalue weighted by molar-refractivity contribution is 5.87. The van der Waals surface area contributed by atoms with Crippen LogP contribution in [0.1, 0.15) is 24.5 Å². The van der Waals surface area contributed by atoms with Crippen LogP contribution in [-0.2, 0) is 22.6 Å². The van der Waals surface area contributed by atoms with Crippen molar-refractivity contribution < 1.29 is 19.4 Å². The maximum absolute atomic E-state index is 12.9. The zero-order valence-corrected chi connectivity index (χ0v) is 16.4. The van der Waals surface area contributed by atoms with Gasteiger partial charge in [0.25, 0.3) is 0 Å². The Bertz CT molecular complexity index is 747. The van der Waals surface area contributed by atoms with E-state index >= 15 is 0 Å². The fraction of sp³-hybridized carbons (Fsp3) is 0.364. The zero-order valence-electron chi connectivity index (χ0n) is 16.4. The molecule has 6 nitrogen and oxygen atoms in total. The quantitative estimate of drug-likeness (QED) is 0.658. The van der Waals surface area contributed by atoms with E-state index in [9.17, 15) is 9.59 Å². The Labute approximate surface area is 166 Å². The predicted octanol–water partition coefficient (Wildman–Crippen LogP) is 2.15. The molecule has 2 aromatic rings. The third kappa shape index (κ3) is 6.39. The first-order valence-corrected chi connectivity index (χ1v) is 9.40. The van der Waals surface area contributed by atoms with Gasteiger partial charge in [-0.25, -0.2) is 0 Å². The number of ether oxygens (including phenoxy) is 1. The third-order valence-corrected chi connectivity index (χ3v) is 4.56. The van der Waals surface area contributed by atoms with E-state index in [2.05, 4.69) is 5.32 Å². The van der Waals surface area contributed by atoms with Crippen molar-refractivity contribution in [2.75, 3.05) is 20.3 Å². The number of amides is 2. The average molecular weight is 384 g/mol. The van der Waals surface area contributed by atoms with Crippen molar-refractivity contribution in [1.82, 2.24) is 10.2 Å². The first-order valence-electron chi connectivity index (χ1n) is 9.40. The van der Waals surface area contributed by atoms with Crippen molar-refractivity contribution in [2.24, 2.45) is 0 Å². The first kappa shape index (κ1) is 21.4. The van der Waals surface area contributed by atoms with Crippen LogP contribution >= 0.6 is 0 Å². The van der Waals surface area contributed by atoms with E-state index in [-0.39, 0.29) is 25.0 Å². The van der Waals surface area contributed by atoms with E-state index < -0.39 is 6.04 Å². The van der Waals surface area contributed by atoms with Gasteiger partial charge in [0, 0.05) is 19.5 Å². The van der Waals surface area contributed by atoms with Crippen LogP contribution in [0.2, 0.25) is 0 Å². The zero-order chi connectivity index (χ0) is 20.4. The molecule has 2 N–H and O–H groups in total. The second-order valence-electron chi connectivity index (χ2n) is 6.55. The van der Waals surface area contributed by atoms with Gasteiger partial charge in [-0.05, 0) is 36.6 Å². The van der Waals surface area contributed by atoms with Crippen LogP contribution in [-0.4, -0.2) is 48.1 Å². The van der Waals surface area contributed by atoms with Gasteiger partial charge >= 0.3 is 0 Å². The van der Waals surface area contributed by atoms with Gasteiger partial charge in [-0.15, -0.1) is 0 Å². The molecule has 6 heteroatoms. The Morgan fingerprint density at radius 3 is 2.36 bits per heavy atom. The molecule has 0 aliphatic heterocycles. The maximum atomic E-state index is 12.9. The van der Waals surface area contributed by atoms with Crippen LogP contribution < -0.4 is 10.1 Å². The third-order valence-electron chi connectivity index (χ3n) is 4.56. The summed E-state index contributed by atoms with van der Waals surface area (Å²) in [7, 11) is 1.60. The van der Waals surface area contributed by atoms with Gasteiger partial charge in [-0.1, -0.05) is 42.5 Å². The van der Waals surface area contributed by atoms with Gasteiger partial charge in [0.2, 0.25) is 11.8 Å². The molecule has 0 spiro atoms. The molecule has 0 saturated heterocycles. The number of nitrogens with one attached hydrogen (secondary N) is 1. The number of carbonyl (C=O) groups is 2. The van der Waals surface area contributed by atoms with Crippen LogP contribution in [0.25, 0.3) is 0 Å². The molecule has 0 bridgehead atoms. The smallest absolute Gasteiger partial charge is 0.242 e. The van der Waals surface area contributed by atoms with E-state index in [4.69, 9.17) is 9.84 Å². The topological polar surface area (TPSA) is 78.9 Å². The SMILES string of the molecule is COc1ccc(CN(C(=O)CCc2ccccc2)[C@H](C)C(=O)NCCO)cc1. The van der Waals surface area contributed by atoms with E-state index in [1.165, 1.54) is 0 Å². The standard InChI is InChI=1S/C22H28N2O4/c1-17(22(27)23-14-15-25)24(16-19-8-11-20(28-2)12-9-19)21(26)13-10-18-6-4-3-5-7-18/h3-9,11-12,17,25H,10,13-16H2,1-2H3,(H,23,27)/t17-/m1/s1. The van der Waals surface area contributed by atoms with Crippen molar-refractivity contribution in [1.29, 1.82) is 0 Å². The Hall–Kier alpha value is -2.86. The fourth-order valence-electron chi connectivity index (χ4n) is 2.88. The lowest BCUT2D eigenvalue weighted by Crippen LogP contribution is -2.48. The molecule has 0 unspecified atom stereocenters. The minimum Gasteiger partial charge on any atom is -0.497 e. The molecule has 2 aromatic carbocycles. The van der Waals surface area contributed by atoms with E-state index in [1.807, 2.05) is 54.6 Å². The molecule has 0 saturated carbocycles. The van der Waals surface area contributed by atoms with E-state index in [0.29, 0.717) is 19.4 Å². The number of rotatable bonds is 10. The van der Waals surface area contributed by atoms with Gasteiger partial charge < -0.3 is 20.1 Å². The van der Waals surface area contributed by atoms with Crippen LogP contribution in [0.15, 0.2) is 54.6 Å². The molecule has 0 aromatic heterocycles. The maximum Gasteiger partial charge on any atom is 0.242 e. The molecular weight excluding hydrogens is 356 g/mol. The number of methoxy groups -OCH3 is 1. The summed E-state index contributed by atoms with van der Waals surface area (Å²) in [5.74, 6) is 0.362. The lowest BCUT2D eigenvalue weighted by atomic mass is 10.1. The summed E-state index contributed by atoms with van der Waals surface area (Å²) < 4.78 is 5.17. The summed E-state index contributed by atoms with van der Waals surface area (Å²) in [5.41, 5.74) is 1.99. The summed E-state index contributed by atoms with van der Waals surface area (Å²) in [6.45, 7) is 2.05. The first-order chi connectivity index (χ1) is 13.5. The summed E-state index contributed by atoms with van der Waals surface area (Å²) >= 11 is 0. The van der Waals surface area contributed by atoms with Crippen molar-refractivity contribution in [3.63, 3.8) is 0 Å². The average Bonchev–Trinajstić information content (AvgIpc) is 2.74. The predicted molar refractivity (Wildman–Crippen MR) is 108 cm³/mol. The van der Waals surface area contributed by atoms with E-state index in [1.54, 1.807) is 18.9 Å². The van der Waals surface area contributed by atoms with Gasteiger partial charge in [0.15, 0.2) is 0 Å². The van der Waals surface area contributed by atoms with Gasteiger partial charge in [0.1, 0.15) is 11.8 Å². The minimum absolute atomic E-state index is 0.0914. The largest absolute Gasteiger partial charge is 0.497 e. The molecule has 0 heterocycles. The number of carbonyl (C=O) groups excluding carboxylic acids is 2. The molecule has 0 radical (unpaired) electrons. The van der Waals surface area contributed by atoms with Crippen LogP contribution in [0, 0.1) is 0 Å². The number of aliphatic hydroxyl groups is 1. The second kappa shape index (κ2) is 11.1. The number of benzene rings is 2. The van der Waals surface area contributed by atoms with Gasteiger partial charge in [-0.3, -0.25) is 9.59 Å². The summed E-state index contributed by atoms with van der Waals surface area (Å²) in [5, 5.41) is 11.6. The number of aliphatic hydroxyl groups excluding tert-OH is 1. The highest BCUT2D eigenvalue weighted by atomic mass is 16.5. The van der Waals surface area contributed by atoms with Crippen molar-refractivity contribution in [2.45, 2.75) is 32.4 Å². The molecule has 28 heavy (non-hydrogen) atoms. The molecule has 150 valence electrons. The monoisotopic (exact) mass is 384 g/mol. The molecule has 2 rings (SSSR count).